The zero-order valence-corrected chi connectivity index (χ0v) is 20.0. The first-order chi connectivity index (χ1) is 15.6. The standard InChI is InChI=1S/C23H22N4O2S3/c1-15(28)26(17-11-12-17)22-24-25-23(32-22)31-14-21(29)27-18-9-5-6-10-20(18)30-13-19(27)16-7-3-2-4-8-16/h2-10,17,19H,11-14H2,1H3. The van der Waals surface area contributed by atoms with E-state index in [4.69, 9.17) is 0 Å². The molecule has 5 rings (SSSR count). The highest BCUT2D eigenvalue weighted by Crippen LogP contribution is 2.43. The van der Waals surface area contributed by atoms with E-state index >= 15 is 0 Å². The molecule has 2 aliphatic rings. The zero-order chi connectivity index (χ0) is 22.1. The highest BCUT2D eigenvalue weighted by molar-refractivity contribution is 8.01. The average molecular weight is 483 g/mol. The number of benzene rings is 2. The van der Waals surface area contributed by atoms with Gasteiger partial charge in [-0.05, 0) is 30.5 Å². The number of hydrogen-bond acceptors (Lipinski definition) is 7. The Bertz CT molecular complexity index is 1130. The number of aromatic nitrogens is 2. The van der Waals surface area contributed by atoms with Gasteiger partial charge in [-0.15, -0.1) is 22.0 Å². The Morgan fingerprint density at radius 1 is 1.09 bits per heavy atom. The first-order valence-electron chi connectivity index (χ1n) is 10.5. The molecule has 164 valence electrons. The van der Waals surface area contributed by atoms with Crippen molar-refractivity contribution in [1.82, 2.24) is 10.2 Å². The Morgan fingerprint density at radius 2 is 1.84 bits per heavy atom. The van der Waals surface area contributed by atoms with Crippen LogP contribution in [0.15, 0.2) is 63.8 Å². The lowest BCUT2D eigenvalue weighted by atomic mass is 10.1. The number of para-hydroxylation sites is 1. The van der Waals surface area contributed by atoms with Gasteiger partial charge in [0.25, 0.3) is 0 Å². The summed E-state index contributed by atoms with van der Waals surface area (Å²) in [6.45, 7) is 1.56. The van der Waals surface area contributed by atoms with E-state index in [9.17, 15) is 9.59 Å². The second-order valence-electron chi connectivity index (χ2n) is 7.73. The van der Waals surface area contributed by atoms with Gasteiger partial charge in [0.05, 0.1) is 17.5 Å². The fraction of sp³-hybridized carbons (Fsp3) is 0.304. The lowest BCUT2D eigenvalue weighted by Crippen LogP contribution is -2.39. The summed E-state index contributed by atoms with van der Waals surface area (Å²) in [5, 5.41) is 9.07. The number of thioether (sulfide) groups is 2. The molecule has 0 saturated heterocycles. The van der Waals surface area contributed by atoms with Gasteiger partial charge in [-0.2, -0.15) is 0 Å². The maximum Gasteiger partial charge on any atom is 0.238 e. The average Bonchev–Trinajstić information content (AvgIpc) is 3.54. The molecule has 3 aromatic rings. The monoisotopic (exact) mass is 482 g/mol. The molecule has 9 heteroatoms. The summed E-state index contributed by atoms with van der Waals surface area (Å²) in [4.78, 5) is 30.2. The number of carbonyl (C=O) groups is 2. The molecule has 1 aromatic heterocycles. The van der Waals surface area contributed by atoms with Crippen molar-refractivity contribution in [1.29, 1.82) is 0 Å². The van der Waals surface area contributed by atoms with Crippen molar-refractivity contribution in [2.45, 2.75) is 41.1 Å². The van der Waals surface area contributed by atoms with Crippen LogP contribution in [0.5, 0.6) is 0 Å². The number of anilines is 2. The molecule has 0 N–H and O–H groups in total. The largest absolute Gasteiger partial charge is 0.302 e. The van der Waals surface area contributed by atoms with Crippen LogP contribution in [0.2, 0.25) is 0 Å². The van der Waals surface area contributed by atoms with E-state index in [1.165, 1.54) is 23.1 Å². The maximum absolute atomic E-state index is 13.5. The molecule has 2 amide bonds. The van der Waals surface area contributed by atoms with Crippen LogP contribution in [0.25, 0.3) is 0 Å². The third-order valence-electron chi connectivity index (χ3n) is 5.46. The quantitative estimate of drug-likeness (QED) is 0.363. The Hall–Kier alpha value is -2.36. The number of carbonyl (C=O) groups excluding carboxylic acids is 2. The van der Waals surface area contributed by atoms with Crippen LogP contribution in [-0.4, -0.2) is 39.6 Å². The maximum atomic E-state index is 13.5. The third-order valence-corrected chi connectivity index (χ3v) is 8.64. The Labute approximate surface area is 199 Å². The number of hydrogen-bond donors (Lipinski definition) is 0. The van der Waals surface area contributed by atoms with Crippen LogP contribution in [-0.2, 0) is 9.59 Å². The fourth-order valence-corrected chi connectivity index (χ4v) is 6.83. The second-order valence-corrected chi connectivity index (χ2v) is 11.0. The van der Waals surface area contributed by atoms with Crippen molar-refractivity contribution < 1.29 is 9.59 Å². The van der Waals surface area contributed by atoms with Gasteiger partial charge in [0.2, 0.25) is 16.9 Å². The van der Waals surface area contributed by atoms with Gasteiger partial charge >= 0.3 is 0 Å². The number of fused-ring (bicyclic) bond motifs is 1. The van der Waals surface area contributed by atoms with Gasteiger partial charge in [-0.3, -0.25) is 14.5 Å². The van der Waals surface area contributed by atoms with E-state index in [0.717, 1.165) is 34.7 Å². The van der Waals surface area contributed by atoms with Crippen molar-refractivity contribution >= 4 is 57.5 Å². The molecule has 1 unspecified atom stereocenters. The van der Waals surface area contributed by atoms with Crippen LogP contribution in [0, 0.1) is 0 Å². The van der Waals surface area contributed by atoms with E-state index in [1.54, 1.807) is 23.6 Å². The summed E-state index contributed by atoms with van der Waals surface area (Å²) in [5.74, 6) is 1.11. The van der Waals surface area contributed by atoms with E-state index in [-0.39, 0.29) is 29.7 Å². The predicted octanol–water partition coefficient (Wildman–Crippen LogP) is 5.03. The van der Waals surface area contributed by atoms with Crippen molar-refractivity contribution in [3.63, 3.8) is 0 Å². The SMILES string of the molecule is CC(=O)N(c1nnc(SCC(=O)N2c3ccccc3SCC2c2ccccc2)s1)C1CC1. The van der Waals surface area contributed by atoms with Crippen LogP contribution in [0.3, 0.4) is 0 Å². The minimum Gasteiger partial charge on any atom is -0.302 e. The third kappa shape index (κ3) is 4.42. The van der Waals surface area contributed by atoms with Gasteiger partial charge in [0, 0.05) is 23.6 Å². The summed E-state index contributed by atoms with van der Waals surface area (Å²) in [6, 6.07) is 18.5. The summed E-state index contributed by atoms with van der Waals surface area (Å²) in [6.07, 6.45) is 2.01. The molecule has 1 saturated carbocycles. The molecule has 2 heterocycles. The van der Waals surface area contributed by atoms with Gasteiger partial charge < -0.3 is 4.90 Å². The van der Waals surface area contributed by atoms with Crippen molar-refractivity contribution in [3.8, 4) is 0 Å². The molecular formula is C23H22N4O2S3. The van der Waals surface area contributed by atoms with E-state index in [0.29, 0.717) is 9.47 Å². The number of nitrogens with zero attached hydrogens (tertiary/aromatic N) is 4. The van der Waals surface area contributed by atoms with Gasteiger partial charge in [0.15, 0.2) is 4.34 Å². The van der Waals surface area contributed by atoms with Crippen molar-refractivity contribution in [3.05, 3.63) is 60.2 Å². The molecule has 1 aliphatic heterocycles. The predicted molar refractivity (Wildman–Crippen MR) is 131 cm³/mol. The minimum absolute atomic E-state index is 0.00981. The molecule has 32 heavy (non-hydrogen) atoms. The van der Waals surface area contributed by atoms with Crippen molar-refractivity contribution in [2.24, 2.45) is 0 Å². The summed E-state index contributed by atoms with van der Waals surface area (Å²) in [5.41, 5.74) is 2.09. The van der Waals surface area contributed by atoms with Crippen LogP contribution >= 0.6 is 34.9 Å². The van der Waals surface area contributed by atoms with Crippen LogP contribution in [0.1, 0.15) is 31.4 Å². The Balaban J connectivity index is 1.35. The van der Waals surface area contributed by atoms with Gasteiger partial charge in [-0.1, -0.05) is 65.6 Å². The normalized spacial score (nSPS) is 17.7. The van der Waals surface area contributed by atoms with Gasteiger partial charge in [0.1, 0.15) is 0 Å². The fourth-order valence-electron chi connectivity index (χ4n) is 3.85. The molecule has 0 bridgehead atoms. The molecule has 6 nitrogen and oxygen atoms in total. The highest BCUT2D eigenvalue weighted by Gasteiger charge is 2.35. The van der Waals surface area contributed by atoms with E-state index in [1.807, 2.05) is 41.3 Å². The molecule has 1 aliphatic carbocycles. The first-order valence-corrected chi connectivity index (χ1v) is 13.3. The Morgan fingerprint density at radius 3 is 2.59 bits per heavy atom. The van der Waals surface area contributed by atoms with Crippen LogP contribution < -0.4 is 9.80 Å². The number of amides is 2. The van der Waals surface area contributed by atoms with E-state index < -0.39 is 0 Å². The molecular weight excluding hydrogens is 460 g/mol. The van der Waals surface area contributed by atoms with E-state index in [2.05, 4.69) is 28.4 Å². The second kappa shape index (κ2) is 9.25. The number of rotatable bonds is 6. The smallest absolute Gasteiger partial charge is 0.238 e. The summed E-state index contributed by atoms with van der Waals surface area (Å²) < 4.78 is 0.705. The summed E-state index contributed by atoms with van der Waals surface area (Å²) in [7, 11) is 0. The zero-order valence-electron chi connectivity index (χ0n) is 17.5. The molecule has 2 aromatic carbocycles. The lowest BCUT2D eigenvalue weighted by molar-refractivity contribution is -0.117. The Kier molecular flexibility index (Phi) is 6.21. The first kappa shape index (κ1) is 21.5. The molecule has 0 radical (unpaired) electrons. The highest BCUT2D eigenvalue weighted by atomic mass is 32.2. The summed E-state index contributed by atoms with van der Waals surface area (Å²) >= 11 is 4.55. The van der Waals surface area contributed by atoms with Gasteiger partial charge in [-0.25, -0.2) is 0 Å². The molecule has 1 atom stereocenters. The minimum atomic E-state index is -0.0164. The topological polar surface area (TPSA) is 66.4 Å². The molecule has 0 spiro atoms. The van der Waals surface area contributed by atoms with Crippen molar-refractivity contribution in [2.75, 3.05) is 21.3 Å². The van der Waals surface area contributed by atoms with Crippen LogP contribution in [0.4, 0.5) is 10.8 Å². The lowest BCUT2D eigenvalue weighted by Gasteiger charge is -2.37. The molecule has 1 fully saturated rings.